The minimum absolute atomic E-state index is 0.269. The highest BCUT2D eigenvalue weighted by atomic mass is 16.5. The molecule has 1 aliphatic rings. The number of pyridine rings is 1. The number of rotatable bonds is 5. The van der Waals surface area contributed by atoms with Crippen LogP contribution in [0.2, 0.25) is 0 Å². The van der Waals surface area contributed by atoms with Gasteiger partial charge in [0.05, 0.1) is 22.4 Å². The maximum atomic E-state index is 6.63. The van der Waals surface area contributed by atoms with Gasteiger partial charge in [-0.15, -0.1) is 0 Å². The van der Waals surface area contributed by atoms with Gasteiger partial charge in [-0.1, -0.05) is 57.5 Å². The smallest absolute Gasteiger partial charge is 0.137 e. The van der Waals surface area contributed by atoms with E-state index in [2.05, 4.69) is 144 Å². The Balaban J connectivity index is 1.26. The Bertz CT molecular complexity index is 2170. The molecule has 0 aliphatic heterocycles. The van der Waals surface area contributed by atoms with E-state index < -0.39 is 0 Å². The number of benzene rings is 3. The first-order chi connectivity index (χ1) is 22.4. The lowest BCUT2D eigenvalue weighted by Crippen LogP contribution is -2.28. The molecule has 0 N–H and O–H groups in total. The first-order valence-corrected chi connectivity index (χ1v) is 16.9. The van der Waals surface area contributed by atoms with Crippen molar-refractivity contribution >= 4 is 21.8 Å². The molecule has 3 atom stereocenters. The first kappa shape index (κ1) is 31.0. The summed E-state index contributed by atoms with van der Waals surface area (Å²) in [5, 5.41) is 7.49. The molecule has 0 unspecified atom stereocenters. The molecule has 0 fully saturated rings. The highest BCUT2D eigenvalue weighted by Crippen LogP contribution is 2.47. The van der Waals surface area contributed by atoms with Crippen LogP contribution in [0.4, 0.5) is 0 Å². The fourth-order valence-corrected chi connectivity index (χ4v) is 7.90. The second kappa shape index (κ2) is 11.6. The van der Waals surface area contributed by atoms with E-state index in [1.54, 1.807) is 0 Å². The number of nitrogens with zero attached hydrogens (tertiary/aromatic N) is 4. The van der Waals surface area contributed by atoms with Crippen LogP contribution >= 0.6 is 0 Å². The highest BCUT2D eigenvalue weighted by Gasteiger charge is 2.36. The van der Waals surface area contributed by atoms with Crippen LogP contribution in [0, 0.1) is 44.9 Å². The molecule has 0 saturated heterocycles. The lowest BCUT2D eigenvalue weighted by molar-refractivity contribution is 0.224. The van der Waals surface area contributed by atoms with Gasteiger partial charge in [-0.05, 0) is 112 Å². The van der Waals surface area contributed by atoms with Gasteiger partial charge < -0.3 is 4.74 Å². The molecule has 3 heterocycles. The van der Waals surface area contributed by atoms with Crippen LogP contribution in [0.3, 0.4) is 0 Å². The number of fused-ring (bicyclic) bond motifs is 3. The maximum absolute atomic E-state index is 6.63. The van der Waals surface area contributed by atoms with Gasteiger partial charge >= 0.3 is 0 Å². The van der Waals surface area contributed by atoms with Crippen molar-refractivity contribution in [3.63, 3.8) is 0 Å². The van der Waals surface area contributed by atoms with Crippen LogP contribution in [0.1, 0.15) is 75.0 Å². The number of aryl methyl sites for hydroxylation is 3. The molecule has 0 saturated carbocycles. The number of hydrogen-bond donors (Lipinski definition) is 0. The van der Waals surface area contributed by atoms with Gasteiger partial charge in [0, 0.05) is 46.3 Å². The quantitative estimate of drug-likeness (QED) is 0.180. The second-order valence-corrected chi connectivity index (χ2v) is 14.9. The standard InChI is InChI=1S/C42H46N4O/c1-25-16-17-43-39(20-25)45-37-13-11-10-12-35(37)36-15-14-33(24-38(36)45)47-34-19-26(2)18-32(23-34)46-30(6)41(29(5)44-46)40-27(3)21-31(22-28(40)4)42(7,8)9/h10-21,23-24,28,31,40H,22H2,1-9H3/t28-,31+,40+/m0/s1. The van der Waals surface area contributed by atoms with Gasteiger partial charge in [0.15, 0.2) is 0 Å². The summed E-state index contributed by atoms with van der Waals surface area (Å²) in [5.41, 5.74) is 10.9. The molecule has 0 bridgehead atoms. The highest BCUT2D eigenvalue weighted by molar-refractivity contribution is 6.09. The number of hydrogen-bond acceptors (Lipinski definition) is 3. The van der Waals surface area contributed by atoms with E-state index in [1.807, 2.05) is 12.3 Å². The molecule has 0 radical (unpaired) electrons. The predicted octanol–water partition coefficient (Wildman–Crippen LogP) is 11.1. The Morgan fingerprint density at radius 1 is 0.787 bits per heavy atom. The monoisotopic (exact) mass is 622 g/mol. The average molecular weight is 623 g/mol. The maximum Gasteiger partial charge on any atom is 0.137 e. The van der Waals surface area contributed by atoms with Crippen LogP contribution in [0.25, 0.3) is 33.3 Å². The number of ether oxygens (including phenoxy) is 1. The molecule has 0 spiro atoms. The van der Waals surface area contributed by atoms with Crippen molar-refractivity contribution in [3.8, 4) is 23.0 Å². The molecular formula is C42H46N4O. The molecule has 3 aromatic carbocycles. The van der Waals surface area contributed by atoms with Gasteiger partial charge in [-0.2, -0.15) is 5.10 Å². The SMILES string of the molecule is CC1=C[C@@H](C(C)(C)C)C[C@H](C)[C@@H]1c1c(C)nn(-c2cc(C)cc(Oc3ccc4c5ccccc5n(-c5cc(C)ccn5)c4c3)c2)c1C. The van der Waals surface area contributed by atoms with Crippen molar-refractivity contribution in [2.45, 2.75) is 74.7 Å². The topological polar surface area (TPSA) is 44.9 Å². The summed E-state index contributed by atoms with van der Waals surface area (Å²) in [6.45, 7) is 20.4. The van der Waals surface area contributed by atoms with Gasteiger partial charge in [0.2, 0.25) is 0 Å². The molecule has 1 aliphatic carbocycles. The van der Waals surface area contributed by atoms with Crippen LogP contribution in [0.5, 0.6) is 11.5 Å². The van der Waals surface area contributed by atoms with E-state index in [9.17, 15) is 0 Å². The first-order valence-electron chi connectivity index (χ1n) is 16.9. The molecule has 0 amide bonds. The summed E-state index contributed by atoms with van der Waals surface area (Å²) < 4.78 is 11.0. The van der Waals surface area contributed by atoms with E-state index in [0.717, 1.165) is 45.3 Å². The zero-order chi connectivity index (χ0) is 33.2. The van der Waals surface area contributed by atoms with Gasteiger partial charge in [-0.3, -0.25) is 4.57 Å². The van der Waals surface area contributed by atoms with Crippen LogP contribution in [-0.4, -0.2) is 19.3 Å². The third-order valence-corrected chi connectivity index (χ3v) is 10.2. The van der Waals surface area contributed by atoms with Crippen molar-refractivity contribution < 1.29 is 4.74 Å². The summed E-state index contributed by atoms with van der Waals surface area (Å²) in [6, 6.07) is 25.4. The predicted molar refractivity (Wildman–Crippen MR) is 194 cm³/mol. The van der Waals surface area contributed by atoms with E-state index >= 15 is 0 Å². The van der Waals surface area contributed by atoms with Gasteiger partial charge in [0.25, 0.3) is 0 Å². The third-order valence-electron chi connectivity index (χ3n) is 10.2. The molecule has 240 valence electrons. The lowest BCUT2D eigenvalue weighted by atomic mass is 9.65. The van der Waals surface area contributed by atoms with Crippen molar-refractivity contribution in [1.29, 1.82) is 0 Å². The molecule has 3 aromatic heterocycles. The summed E-state index contributed by atoms with van der Waals surface area (Å²) in [7, 11) is 0. The van der Waals surface area contributed by atoms with Crippen molar-refractivity contribution in [3.05, 3.63) is 119 Å². The van der Waals surface area contributed by atoms with Crippen LogP contribution in [-0.2, 0) is 0 Å². The molecule has 47 heavy (non-hydrogen) atoms. The Morgan fingerprint density at radius 3 is 2.30 bits per heavy atom. The normalized spacial score (nSPS) is 18.6. The largest absolute Gasteiger partial charge is 0.457 e. The molecular weight excluding hydrogens is 576 g/mol. The number of para-hydroxylation sites is 1. The minimum Gasteiger partial charge on any atom is -0.457 e. The molecule has 7 rings (SSSR count). The van der Waals surface area contributed by atoms with E-state index in [-0.39, 0.29) is 5.41 Å². The molecule has 5 heteroatoms. The minimum atomic E-state index is 0.269. The molecule has 6 aromatic rings. The Labute approximate surface area is 278 Å². The Kier molecular flexibility index (Phi) is 7.62. The van der Waals surface area contributed by atoms with Crippen molar-refractivity contribution in [2.24, 2.45) is 17.3 Å². The van der Waals surface area contributed by atoms with E-state index in [1.165, 1.54) is 39.6 Å². The summed E-state index contributed by atoms with van der Waals surface area (Å²) in [4.78, 5) is 4.74. The fourth-order valence-electron chi connectivity index (χ4n) is 7.90. The van der Waals surface area contributed by atoms with Crippen molar-refractivity contribution in [1.82, 2.24) is 19.3 Å². The number of allylic oxidation sites excluding steroid dienone is 2. The van der Waals surface area contributed by atoms with Gasteiger partial charge in [0.1, 0.15) is 17.3 Å². The number of aromatic nitrogens is 4. The summed E-state index contributed by atoms with van der Waals surface area (Å²) in [6.07, 6.45) is 5.60. The summed E-state index contributed by atoms with van der Waals surface area (Å²) >= 11 is 0. The van der Waals surface area contributed by atoms with E-state index in [0.29, 0.717) is 17.8 Å². The second-order valence-electron chi connectivity index (χ2n) is 14.9. The zero-order valence-electron chi connectivity index (χ0n) is 29.2. The van der Waals surface area contributed by atoms with Crippen molar-refractivity contribution in [2.75, 3.05) is 0 Å². The fraction of sp³-hybridized carbons (Fsp3) is 0.333. The zero-order valence-corrected chi connectivity index (χ0v) is 29.2. The molecule has 5 nitrogen and oxygen atoms in total. The summed E-state index contributed by atoms with van der Waals surface area (Å²) in [5.74, 6) is 4.00. The van der Waals surface area contributed by atoms with Gasteiger partial charge in [-0.25, -0.2) is 9.67 Å². The average Bonchev–Trinajstić information content (AvgIpc) is 3.49. The Hall–Kier alpha value is -4.64. The lowest BCUT2D eigenvalue weighted by Gasteiger charge is -2.39. The van der Waals surface area contributed by atoms with Crippen LogP contribution < -0.4 is 4.74 Å². The van der Waals surface area contributed by atoms with Crippen LogP contribution in [0.15, 0.2) is 90.6 Å². The Morgan fingerprint density at radius 2 is 1.55 bits per heavy atom. The van der Waals surface area contributed by atoms with E-state index in [4.69, 9.17) is 14.8 Å². The third kappa shape index (κ3) is 5.56.